The summed E-state index contributed by atoms with van der Waals surface area (Å²) in [7, 11) is 0. The van der Waals surface area contributed by atoms with Crippen molar-refractivity contribution >= 4 is 11.8 Å². The lowest BCUT2D eigenvalue weighted by atomic mass is 9.86. The highest BCUT2D eigenvalue weighted by atomic mass is 79.9. The second kappa shape index (κ2) is 7.57. The Kier molecular flexibility index (Phi) is 6.39. The van der Waals surface area contributed by atoms with Crippen LogP contribution in [-0.4, -0.2) is 16.2 Å². The normalized spacial score (nSPS) is 17.2. The Morgan fingerprint density at radius 2 is 2.10 bits per heavy atom. The molecule has 1 unspecified atom stereocenters. The van der Waals surface area contributed by atoms with Crippen molar-refractivity contribution < 1.29 is 31.6 Å². The largest absolute Gasteiger partial charge is 1.00 e. The zero-order valence-electron chi connectivity index (χ0n) is 11.8. The summed E-state index contributed by atoms with van der Waals surface area (Å²) < 4.78 is 1.63. The quantitative estimate of drug-likeness (QED) is 0.690. The monoisotopic (exact) mass is 343 g/mol. The fraction of sp³-hybridized carbons (Fsp3) is 0.643. The van der Waals surface area contributed by atoms with Gasteiger partial charge in [-0.2, -0.15) is 0 Å². The van der Waals surface area contributed by atoms with Crippen LogP contribution in [0.1, 0.15) is 63.1 Å². The van der Waals surface area contributed by atoms with E-state index in [1.165, 1.54) is 19.3 Å². The van der Waals surface area contributed by atoms with Gasteiger partial charge in [-0.05, 0) is 18.9 Å². The number of halogens is 1. The molecule has 0 aliphatic heterocycles. The van der Waals surface area contributed by atoms with E-state index >= 15 is 0 Å². The number of carboxylic acid groups (broad SMARTS) is 1. The molecule has 6 heteroatoms. The predicted molar refractivity (Wildman–Crippen MR) is 71.6 cm³/mol. The third-order valence-electron chi connectivity index (χ3n) is 3.90. The Morgan fingerprint density at radius 3 is 2.65 bits per heavy atom. The molecule has 1 aromatic heterocycles. The molecule has 1 saturated carbocycles. The molecule has 20 heavy (non-hydrogen) atoms. The van der Waals surface area contributed by atoms with Gasteiger partial charge < -0.3 is 27.8 Å². The molecule has 2 rings (SSSR count). The summed E-state index contributed by atoms with van der Waals surface area (Å²) in [6.07, 6.45) is 6.42. The average molecular weight is 344 g/mol. The molecule has 0 amide bonds. The van der Waals surface area contributed by atoms with Gasteiger partial charge in [-0.3, -0.25) is 0 Å². The second-order valence-corrected chi connectivity index (χ2v) is 5.22. The summed E-state index contributed by atoms with van der Waals surface area (Å²) in [5.41, 5.74) is 6.74. The van der Waals surface area contributed by atoms with Gasteiger partial charge in [0.05, 0.1) is 0 Å². The first-order valence-electron chi connectivity index (χ1n) is 7.04. The SMILES string of the molecule is CCC(C(=O)O)[n+]1nc(N)ccc1C1CCCCC1.[Br-]. The number of hydrogen-bond acceptors (Lipinski definition) is 3. The van der Waals surface area contributed by atoms with Crippen LogP contribution in [0.15, 0.2) is 12.1 Å². The Hall–Kier alpha value is -1.17. The zero-order valence-corrected chi connectivity index (χ0v) is 13.3. The molecule has 1 heterocycles. The first kappa shape index (κ1) is 16.9. The fourth-order valence-electron chi connectivity index (χ4n) is 2.89. The molecule has 1 atom stereocenters. The van der Waals surface area contributed by atoms with E-state index in [1.807, 2.05) is 13.0 Å². The summed E-state index contributed by atoms with van der Waals surface area (Å²) >= 11 is 0. The Labute approximate surface area is 130 Å². The Morgan fingerprint density at radius 1 is 1.45 bits per heavy atom. The van der Waals surface area contributed by atoms with Crippen molar-refractivity contribution in [2.45, 2.75) is 57.4 Å². The van der Waals surface area contributed by atoms with Crippen molar-refractivity contribution in [3.05, 3.63) is 17.8 Å². The van der Waals surface area contributed by atoms with E-state index in [4.69, 9.17) is 5.73 Å². The van der Waals surface area contributed by atoms with Crippen molar-refractivity contribution in [2.75, 3.05) is 5.73 Å². The highest BCUT2D eigenvalue weighted by Gasteiger charge is 2.34. The van der Waals surface area contributed by atoms with Gasteiger partial charge in [0, 0.05) is 23.5 Å². The lowest BCUT2D eigenvalue weighted by Gasteiger charge is -2.20. The van der Waals surface area contributed by atoms with Gasteiger partial charge in [-0.25, -0.2) is 4.79 Å². The van der Waals surface area contributed by atoms with Crippen LogP contribution in [0.2, 0.25) is 0 Å². The van der Waals surface area contributed by atoms with E-state index in [0.717, 1.165) is 18.5 Å². The number of rotatable bonds is 4. The van der Waals surface area contributed by atoms with Crippen molar-refractivity contribution in [3.63, 3.8) is 0 Å². The fourth-order valence-corrected chi connectivity index (χ4v) is 2.89. The van der Waals surface area contributed by atoms with Crippen LogP contribution in [0.25, 0.3) is 0 Å². The van der Waals surface area contributed by atoms with Crippen LogP contribution in [-0.2, 0) is 4.79 Å². The molecule has 1 fully saturated rings. The topological polar surface area (TPSA) is 80.1 Å². The molecular weight excluding hydrogens is 322 g/mol. The lowest BCUT2D eigenvalue weighted by molar-refractivity contribution is -0.772. The predicted octanol–water partition coefficient (Wildman–Crippen LogP) is -0.961. The number of carboxylic acids is 1. The summed E-state index contributed by atoms with van der Waals surface area (Å²) in [5, 5.41) is 13.6. The number of nitrogens with zero attached hydrogens (tertiary/aromatic N) is 2. The number of carbonyl (C=O) groups is 1. The maximum atomic E-state index is 11.4. The van der Waals surface area contributed by atoms with Gasteiger partial charge in [0.2, 0.25) is 5.69 Å². The van der Waals surface area contributed by atoms with Gasteiger partial charge in [-0.1, -0.05) is 30.9 Å². The van der Waals surface area contributed by atoms with Crippen LogP contribution in [0, 0.1) is 0 Å². The average Bonchev–Trinajstić information content (AvgIpc) is 2.40. The highest BCUT2D eigenvalue weighted by Crippen LogP contribution is 2.31. The number of hydrogen-bond donors (Lipinski definition) is 2. The molecule has 112 valence electrons. The number of nitrogen functional groups attached to an aromatic ring is 1. The molecule has 5 nitrogen and oxygen atoms in total. The van der Waals surface area contributed by atoms with Crippen LogP contribution in [0.4, 0.5) is 5.82 Å². The maximum absolute atomic E-state index is 11.4. The second-order valence-electron chi connectivity index (χ2n) is 5.22. The molecule has 3 N–H and O–H groups in total. The minimum atomic E-state index is -0.845. The Balaban J connectivity index is 0.00000200. The molecule has 1 aliphatic carbocycles. The van der Waals surface area contributed by atoms with E-state index in [0.29, 0.717) is 18.2 Å². The van der Waals surface area contributed by atoms with Gasteiger partial charge in [0.15, 0.2) is 5.82 Å². The van der Waals surface area contributed by atoms with Gasteiger partial charge >= 0.3 is 5.97 Å². The molecule has 0 bridgehead atoms. The summed E-state index contributed by atoms with van der Waals surface area (Å²) in [6, 6.07) is 3.10. The van der Waals surface area contributed by atoms with Gasteiger partial charge in [0.25, 0.3) is 6.04 Å². The van der Waals surface area contributed by atoms with E-state index in [2.05, 4.69) is 5.10 Å². The molecule has 0 aromatic carbocycles. The van der Waals surface area contributed by atoms with E-state index in [1.54, 1.807) is 10.7 Å². The molecule has 0 radical (unpaired) electrons. The number of aliphatic carboxylic acids is 1. The van der Waals surface area contributed by atoms with Crippen LogP contribution >= 0.6 is 0 Å². The number of nitrogens with two attached hydrogens (primary N) is 1. The maximum Gasteiger partial charge on any atom is 0.376 e. The lowest BCUT2D eigenvalue weighted by Crippen LogP contribution is -3.00. The van der Waals surface area contributed by atoms with E-state index < -0.39 is 12.0 Å². The smallest absolute Gasteiger partial charge is 0.376 e. The third kappa shape index (κ3) is 3.69. The molecule has 1 aliphatic rings. The molecular formula is C14H22BrN3O2. The van der Waals surface area contributed by atoms with Crippen molar-refractivity contribution in [1.82, 2.24) is 5.10 Å². The van der Waals surface area contributed by atoms with Gasteiger partial charge in [-0.15, -0.1) is 0 Å². The summed E-state index contributed by atoms with van der Waals surface area (Å²) in [5.74, 6) is -0.0582. The molecule has 1 aromatic rings. The first-order valence-corrected chi connectivity index (χ1v) is 7.04. The molecule has 0 spiro atoms. The minimum Gasteiger partial charge on any atom is -1.00 e. The van der Waals surface area contributed by atoms with Crippen LogP contribution in [0.3, 0.4) is 0 Å². The summed E-state index contributed by atoms with van der Waals surface area (Å²) in [6.45, 7) is 1.86. The van der Waals surface area contributed by atoms with Gasteiger partial charge in [0.1, 0.15) is 0 Å². The van der Waals surface area contributed by atoms with E-state index in [-0.39, 0.29) is 17.0 Å². The van der Waals surface area contributed by atoms with Crippen LogP contribution in [0.5, 0.6) is 0 Å². The highest BCUT2D eigenvalue weighted by molar-refractivity contribution is 5.69. The number of aromatic nitrogens is 2. The van der Waals surface area contributed by atoms with Crippen molar-refractivity contribution in [1.29, 1.82) is 0 Å². The summed E-state index contributed by atoms with van der Waals surface area (Å²) in [4.78, 5) is 11.4. The minimum absolute atomic E-state index is 0. The van der Waals surface area contributed by atoms with Crippen molar-refractivity contribution in [2.24, 2.45) is 0 Å². The molecule has 0 saturated heterocycles. The zero-order chi connectivity index (χ0) is 13.8. The Bertz CT molecular complexity index is 462. The first-order chi connectivity index (χ1) is 9.13. The van der Waals surface area contributed by atoms with E-state index in [9.17, 15) is 9.90 Å². The standard InChI is InChI=1S/C14H21N3O2.BrH/c1-2-11(14(18)19)17-12(8-9-13(15)16-17)10-6-4-3-5-7-10;/h8-11H,2-7H2,1H3,(H2-,15,16,18,19);1H. The van der Waals surface area contributed by atoms with Crippen LogP contribution < -0.4 is 27.4 Å². The number of anilines is 1. The third-order valence-corrected chi connectivity index (χ3v) is 3.90. The van der Waals surface area contributed by atoms with Crippen molar-refractivity contribution in [3.8, 4) is 0 Å².